The molecule has 2 unspecified atom stereocenters. The number of hydrogen-bond acceptors (Lipinski definition) is 6. The molecule has 14 aromatic rings. The second-order valence-corrected chi connectivity index (χ2v) is 25.3. The van der Waals surface area contributed by atoms with E-state index < -0.39 is 14.6 Å². The maximum absolute atomic E-state index is 18.1. The van der Waals surface area contributed by atoms with E-state index in [2.05, 4.69) is 106 Å². The van der Waals surface area contributed by atoms with Crippen molar-refractivity contribution in [3.05, 3.63) is 206 Å². The lowest BCUT2D eigenvalue weighted by Gasteiger charge is -2.47. The second-order valence-electron chi connectivity index (χ2n) is 18.1. The first-order valence-corrected chi connectivity index (χ1v) is 28.2. The highest BCUT2D eigenvalue weighted by Gasteiger charge is 2.53. The third-order valence-electron chi connectivity index (χ3n) is 14.6. The lowest BCUT2D eigenvalue weighted by atomic mass is 9.99. The van der Waals surface area contributed by atoms with Crippen LogP contribution in [0.5, 0.6) is 0 Å². The molecule has 0 spiro atoms. The van der Waals surface area contributed by atoms with Gasteiger partial charge in [-0.1, -0.05) is 133 Å². The van der Waals surface area contributed by atoms with Gasteiger partial charge in [-0.05, 0) is 72.8 Å². The zero-order valence-electron chi connectivity index (χ0n) is 36.9. The van der Waals surface area contributed by atoms with E-state index in [4.69, 9.17) is 8.83 Å². The minimum absolute atomic E-state index is 0.633. The number of nitrogens with zero attached hydrogens (tertiary/aromatic N) is 2. The van der Waals surface area contributed by atoms with Crippen molar-refractivity contribution in [3.8, 4) is 11.1 Å². The quantitative estimate of drug-likeness (QED) is 0.164. The minimum Gasteiger partial charge on any atom is -0.454 e. The maximum atomic E-state index is 18.1. The summed E-state index contributed by atoms with van der Waals surface area (Å²) in [6.07, 6.45) is 0. The van der Waals surface area contributed by atoms with Crippen LogP contribution in [-0.4, -0.2) is 0 Å². The van der Waals surface area contributed by atoms with Gasteiger partial charge in [0.2, 0.25) is 14.6 Å². The van der Waals surface area contributed by atoms with Crippen molar-refractivity contribution < 1.29 is 18.0 Å². The van der Waals surface area contributed by atoms with Crippen LogP contribution in [0.3, 0.4) is 0 Å². The first-order chi connectivity index (χ1) is 34.5. The fourth-order valence-corrected chi connectivity index (χ4v) is 21.3. The van der Waals surface area contributed by atoms with Crippen LogP contribution in [0.2, 0.25) is 0 Å². The Labute approximate surface area is 407 Å². The number of para-hydroxylation sites is 4. The van der Waals surface area contributed by atoms with Crippen LogP contribution in [-0.2, 0) is 9.13 Å². The first-order valence-electron chi connectivity index (χ1n) is 23.2. The molecule has 0 fully saturated rings. The van der Waals surface area contributed by atoms with E-state index in [1.165, 1.54) is 0 Å². The predicted octanol–water partition coefficient (Wildman–Crippen LogP) is 16.6. The lowest BCUT2D eigenvalue weighted by molar-refractivity contribution is 0.586. The van der Waals surface area contributed by atoms with Crippen molar-refractivity contribution in [3.63, 3.8) is 0 Å². The Morgan fingerprint density at radius 1 is 0.314 bits per heavy atom. The van der Waals surface area contributed by atoms with Gasteiger partial charge in [-0.25, -0.2) is 0 Å². The number of benzene rings is 10. The molecule has 0 saturated carbocycles. The molecule has 2 atom stereocenters. The molecule has 10 heteroatoms. The van der Waals surface area contributed by atoms with Gasteiger partial charge in [-0.3, -0.25) is 18.5 Å². The monoisotopic (exact) mass is 972 g/mol. The van der Waals surface area contributed by atoms with Crippen molar-refractivity contribution in [2.45, 2.75) is 0 Å². The smallest absolute Gasteiger partial charge is 0.236 e. The van der Waals surface area contributed by atoms with E-state index in [1.807, 2.05) is 109 Å². The van der Waals surface area contributed by atoms with E-state index >= 15 is 9.13 Å². The summed E-state index contributed by atoms with van der Waals surface area (Å²) >= 11 is 3.34. The number of thiophene rings is 2. The SMILES string of the molecule is O=P1(c2cccc3c2sc2ccccc23)c2cccc3c2-c2c(cccc2N(c2cccc4c2oc2ccccc24)P3(=O)c2cccc3c2sc2ccccc23)N1c1cccc2c1oc1ccccc12. The summed E-state index contributed by atoms with van der Waals surface area (Å²) in [7, 11) is -8.05. The third kappa shape index (κ3) is 4.89. The van der Waals surface area contributed by atoms with Crippen LogP contribution in [0.4, 0.5) is 22.7 Å². The molecule has 0 N–H and O–H groups in total. The van der Waals surface area contributed by atoms with Gasteiger partial charge in [-0.15, -0.1) is 22.7 Å². The standard InChI is InChI=1S/C60H34N2O4P2S2/c63-67(51-31-11-21-41-37-17-3-7-33-53(37)69-59(41)51)49-29-14-30-50-56(49)55-43(61(67)45-25-9-19-39-35-15-1-5-27-47(35)65-57(39)45)23-13-24-44(55)62(46-26-10-20-40-36-16-2-6-28-48(36)66-58(40)46)68(50,64)52-32-12-22-42-38-18-4-8-34-54(38)70-60(42)52/h1-34H. The molecule has 4 aromatic heterocycles. The van der Waals surface area contributed by atoms with Gasteiger partial charge >= 0.3 is 0 Å². The van der Waals surface area contributed by atoms with E-state index in [0.29, 0.717) is 33.1 Å². The molecule has 70 heavy (non-hydrogen) atoms. The van der Waals surface area contributed by atoms with Gasteiger partial charge in [0.05, 0.1) is 33.4 Å². The Bertz CT molecular complexity index is 4440. The molecule has 330 valence electrons. The summed E-state index contributed by atoms with van der Waals surface area (Å²) in [6.45, 7) is 0. The Kier molecular flexibility index (Phi) is 7.82. The van der Waals surface area contributed by atoms with Crippen molar-refractivity contribution in [1.29, 1.82) is 0 Å². The van der Waals surface area contributed by atoms with E-state index in [9.17, 15) is 0 Å². The Morgan fingerprint density at radius 2 is 0.671 bits per heavy atom. The van der Waals surface area contributed by atoms with Crippen LogP contribution < -0.4 is 30.6 Å². The average Bonchev–Trinajstić information content (AvgIpc) is 4.19. The van der Waals surface area contributed by atoms with E-state index in [-0.39, 0.29) is 0 Å². The number of anilines is 4. The molecule has 0 radical (unpaired) electrons. The van der Waals surface area contributed by atoms with Crippen LogP contribution in [0.25, 0.3) is 95.3 Å². The van der Waals surface area contributed by atoms with Crippen molar-refractivity contribution in [2.75, 3.05) is 9.34 Å². The summed E-state index contributed by atoms with van der Waals surface area (Å²) in [4.78, 5) is 0. The van der Waals surface area contributed by atoms with Crippen molar-refractivity contribution in [2.24, 2.45) is 0 Å². The maximum Gasteiger partial charge on any atom is 0.236 e. The largest absolute Gasteiger partial charge is 0.454 e. The van der Waals surface area contributed by atoms with E-state index in [0.717, 1.165) is 106 Å². The topological polar surface area (TPSA) is 66.9 Å². The van der Waals surface area contributed by atoms with Crippen LogP contribution in [0.1, 0.15) is 0 Å². The van der Waals surface area contributed by atoms with Crippen LogP contribution in [0, 0.1) is 0 Å². The van der Waals surface area contributed by atoms with Crippen LogP contribution >= 0.6 is 37.3 Å². The average molecular weight is 973 g/mol. The molecule has 10 aromatic carbocycles. The Morgan fingerprint density at radius 3 is 1.17 bits per heavy atom. The fraction of sp³-hybridized carbons (Fsp3) is 0. The lowest BCUT2D eigenvalue weighted by Crippen LogP contribution is -2.42. The molecule has 2 aliphatic heterocycles. The Balaban J connectivity index is 1.09. The first kappa shape index (κ1) is 39.2. The summed E-state index contributed by atoms with van der Waals surface area (Å²) in [6, 6.07) is 70.0. The second kappa shape index (κ2) is 14.0. The van der Waals surface area contributed by atoms with Gasteiger partial charge < -0.3 is 8.83 Å². The van der Waals surface area contributed by atoms with Crippen molar-refractivity contribution in [1.82, 2.24) is 0 Å². The van der Waals surface area contributed by atoms with Crippen LogP contribution in [0.15, 0.2) is 215 Å². The van der Waals surface area contributed by atoms with Gasteiger partial charge in [0.15, 0.2) is 11.2 Å². The highest BCUT2D eigenvalue weighted by molar-refractivity contribution is 7.83. The van der Waals surface area contributed by atoms with Gasteiger partial charge in [-0.2, -0.15) is 0 Å². The normalized spacial score (nSPS) is 17.6. The molecular formula is C60H34N2O4P2S2. The zero-order chi connectivity index (χ0) is 46.0. The zero-order valence-corrected chi connectivity index (χ0v) is 40.3. The molecule has 16 rings (SSSR count). The van der Waals surface area contributed by atoms with Crippen molar-refractivity contribution >= 4 is 165 Å². The predicted molar refractivity (Wildman–Crippen MR) is 296 cm³/mol. The highest BCUT2D eigenvalue weighted by Crippen LogP contribution is 2.71. The van der Waals surface area contributed by atoms with Gasteiger partial charge in [0.1, 0.15) is 11.2 Å². The number of fused-ring (bicyclic) bond motifs is 12. The molecular weight excluding hydrogens is 939 g/mol. The number of hydrogen-bond donors (Lipinski definition) is 0. The Hall–Kier alpha value is -7.70. The van der Waals surface area contributed by atoms with E-state index in [1.54, 1.807) is 22.7 Å². The summed E-state index contributed by atoms with van der Waals surface area (Å²) in [5.41, 5.74) is 7.24. The van der Waals surface area contributed by atoms with Gasteiger partial charge in [0, 0.05) is 83.6 Å². The molecule has 2 aliphatic rings. The molecule has 6 heterocycles. The fourth-order valence-electron chi connectivity index (χ4n) is 11.7. The minimum atomic E-state index is -4.02. The number of rotatable bonds is 4. The summed E-state index contributed by atoms with van der Waals surface area (Å²) in [5, 5.41) is 10.9. The van der Waals surface area contributed by atoms with Gasteiger partial charge in [0.25, 0.3) is 0 Å². The summed E-state index contributed by atoms with van der Waals surface area (Å²) < 4.78 is 58.2. The molecule has 6 nitrogen and oxygen atoms in total. The molecule has 0 saturated heterocycles. The third-order valence-corrected chi connectivity index (χ3v) is 23.4. The molecule has 0 aliphatic carbocycles. The number of furan rings is 2. The molecule has 0 bridgehead atoms. The highest BCUT2D eigenvalue weighted by atomic mass is 32.1. The molecule has 0 amide bonds. The summed E-state index contributed by atoms with van der Waals surface area (Å²) in [5.74, 6) is 0.